The van der Waals surface area contributed by atoms with Gasteiger partial charge in [0.15, 0.2) is 5.78 Å². The molecule has 1 aliphatic rings. The number of carbonyl (C=O) groups is 1. The molecule has 0 saturated carbocycles. The maximum atomic E-state index is 10.9. The molecule has 3 nitrogen and oxygen atoms in total. The molecule has 0 radical (unpaired) electrons. The highest BCUT2D eigenvalue weighted by molar-refractivity contribution is 5.93. The Kier molecular flexibility index (Phi) is 6.16. The minimum Gasteiger partial charge on any atom is -0.326 e. The molecule has 1 aromatic heterocycles. The van der Waals surface area contributed by atoms with Crippen molar-refractivity contribution in [3.05, 3.63) is 58.0 Å². The molecule has 1 heterocycles. The van der Waals surface area contributed by atoms with Crippen molar-refractivity contribution in [2.45, 2.75) is 40.0 Å². The predicted octanol–water partition coefficient (Wildman–Crippen LogP) is 3.60. The smallest absolute Gasteiger partial charge is 0.248 e. The molecule has 0 unspecified atom stereocenters. The van der Waals surface area contributed by atoms with Gasteiger partial charge in [0.2, 0.25) is 5.56 Å². The predicted molar refractivity (Wildman–Crippen MR) is 82.8 cm³/mol. The van der Waals surface area contributed by atoms with Crippen LogP contribution in [0.1, 0.15) is 45.7 Å². The molecule has 20 heavy (non-hydrogen) atoms. The molecule has 0 spiro atoms. The Balaban J connectivity index is 0.000000200. The molecule has 108 valence electrons. The molecular weight excluding hydrogens is 250 g/mol. The summed E-state index contributed by atoms with van der Waals surface area (Å²) in [6.45, 7) is 8.31. The van der Waals surface area contributed by atoms with Crippen LogP contribution in [0.25, 0.3) is 0 Å². The Bertz CT molecular complexity index is 562. The largest absolute Gasteiger partial charge is 0.326 e. The van der Waals surface area contributed by atoms with Gasteiger partial charge in [-0.2, -0.15) is 0 Å². The van der Waals surface area contributed by atoms with Crippen LogP contribution in [0.5, 0.6) is 0 Å². The lowest BCUT2D eigenvalue weighted by atomic mass is 9.94. The van der Waals surface area contributed by atoms with Crippen molar-refractivity contribution in [1.82, 2.24) is 4.98 Å². The quantitative estimate of drug-likeness (QED) is 0.895. The lowest BCUT2D eigenvalue weighted by Gasteiger charge is -2.10. The fraction of sp³-hybridized carbons (Fsp3) is 0.412. The molecule has 0 atom stereocenters. The minimum absolute atomic E-state index is 0.0220. The van der Waals surface area contributed by atoms with Gasteiger partial charge >= 0.3 is 0 Å². The van der Waals surface area contributed by atoms with Crippen LogP contribution in [0, 0.1) is 5.92 Å². The molecule has 1 aromatic rings. The molecule has 0 aromatic carbocycles. The van der Waals surface area contributed by atoms with Crippen molar-refractivity contribution in [2.24, 2.45) is 5.92 Å². The number of hydrogen-bond acceptors (Lipinski definition) is 2. The number of ketones is 1. The number of nitrogens with one attached hydrogen (secondary N) is 1. The van der Waals surface area contributed by atoms with Gasteiger partial charge < -0.3 is 4.98 Å². The summed E-state index contributed by atoms with van der Waals surface area (Å²) in [5.41, 5.74) is 2.21. The number of carbonyl (C=O) groups excluding carboxylic acids is 1. The fourth-order valence-corrected chi connectivity index (χ4v) is 1.80. The molecule has 0 aliphatic heterocycles. The van der Waals surface area contributed by atoms with Gasteiger partial charge in [0.25, 0.3) is 0 Å². The molecule has 0 saturated heterocycles. The first-order valence-electron chi connectivity index (χ1n) is 6.99. The van der Waals surface area contributed by atoms with E-state index in [0.29, 0.717) is 18.3 Å². The van der Waals surface area contributed by atoms with Crippen LogP contribution < -0.4 is 5.56 Å². The zero-order chi connectivity index (χ0) is 15.1. The molecule has 0 fully saturated rings. The van der Waals surface area contributed by atoms with Crippen LogP contribution >= 0.6 is 0 Å². The standard InChI is InChI=1S/C9H12O.C8H11NO/c1-7(2)8-4-3-5-9(10)6-8;1-6(2)7-4-3-5-8(10)9-7/h3-5,7H,6H2,1-2H3;3-6H,1-2H3,(H,9,10). The highest BCUT2D eigenvalue weighted by Crippen LogP contribution is 2.17. The molecule has 0 bridgehead atoms. The van der Waals surface area contributed by atoms with E-state index in [9.17, 15) is 9.59 Å². The zero-order valence-electron chi connectivity index (χ0n) is 12.6. The number of aromatic amines is 1. The minimum atomic E-state index is -0.0220. The van der Waals surface area contributed by atoms with Crippen LogP contribution in [-0.2, 0) is 4.79 Å². The van der Waals surface area contributed by atoms with E-state index in [1.807, 2.05) is 32.1 Å². The first-order chi connectivity index (χ1) is 9.40. The van der Waals surface area contributed by atoms with Crippen molar-refractivity contribution in [2.75, 3.05) is 0 Å². The summed E-state index contributed by atoms with van der Waals surface area (Å²) in [4.78, 5) is 24.3. The van der Waals surface area contributed by atoms with Crippen molar-refractivity contribution >= 4 is 5.78 Å². The number of hydrogen-bond donors (Lipinski definition) is 1. The normalized spacial score (nSPS) is 14.1. The van der Waals surface area contributed by atoms with E-state index < -0.39 is 0 Å². The third-order valence-electron chi connectivity index (χ3n) is 3.13. The van der Waals surface area contributed by atoms with Gasteiger partial charge in [0, 0.05) is 18.2 Å². The molecular formula is C17H23NO2. The Morgan fingerprint density at radius 3 is 2.15 bits per heavy atom. The summed E-state index contributed by atoms with van der Waals surface area (Å²) in [6.07, 6.45) is 6.12. The summed E-state index contributed by atoms with van der Waals surface area (Å²) in [7, 11) is 0. The number of aromatic nitrogens is 1. The highest BCUT2D eigenvalue weighted by atomic mass is 16.1. The topological polar surface area (TPSA) is 49.9 Å². The second kappa shape index (κ2) is 7.63. The van der Waals surface area contributed by atoms with Gasteiger partial charge in [-0.3, -0.25) is 9.59 Å². The Hall–Kier alpha value is -1.90. The van der Waals surface area contributed by atoms with Crippen molar-refractivity contribution in [3.8, 4) is 0 Å². The lowest BCUT2D eigenvalue weighted by Crippen LogP contribution is -2.06. The van der Waals surface area contributed by atoms with E-state index in [0.717, 1.165) is 5.69 Å². The van der Waals surface area contributed by atoms with Crippen LogP contribution in [0.4, 0.5) is 0 Å². The Labute approximate surface area is 120 Å². The summed E-state index contributed by atoms with van der Waals surface area (Å²) < 4.78 is 0. The van der Waals surface area contributed by atoms with E-state index in [1.54, 1.807) is 12.1 Å². The summed E-state index contributed by atoms with van der Waals surface area (Å²) in [5.74, 6) is 1.13. The van der Waals surface area contributed by atoms with Gasteiger partial charge in [-0.25, -0.2) is 0 Å². The van der Waals surface area contributed by atoms with E-state index >= 15 is 0 Å². The Morgan fingerprint density at radius 1 is 1.05 bits per heavy atom. The molecule has 1 aliphatic carbocycles. The number of pyridine rings is 1. The van der Waals surface area contributed by atoms with Crippen molar-refractivity contribution in [1.29, 1.82) is 0 Å². The number of allylic oxidation sites excluding steroid dienone is 4. The average molecular weight is 273 g/mol. The summed E-state index contributed by atoms with van der Waals surface area (Å²) >= 11 is 0. The van der Waals surface area contributed by atoms with Crippen LogP contribution in [-0.4, -0.2) is 10.8 Å². The van der Waals surface area contributed by atoms with Gasteiger partial charge in [0.1, 0.15) is 0 Å². The van der Waals surface area contributed by atoms with Gasteiger partial charge in [-0.05, 0) is 24.0 Å². The van der Waals surface area contributed by atoms with Gasteiger partial charge in [-0.1, -0.05) is 51.5 Å². The maximum absolute atomic E-state index is 10.9. The van der Waals surface area contributed by atoms with Crippen LogP contribution in [0.15, 0.2) is 46.8 Å². The monoisotopic (exact) mass is 273 g/mol. The first-order valence-corrected chi connectivity index (χ1v) is 6.99. The SMILES string of the molecule is CC(C)C1=CC=CC(=O)C1.CC(C)c1cccc(=O)[nH]1. The number of H-pyrrole nitrogens is 1. The van der Waals surface area contributed by atoms with Crippen molar-refractivity contribution in [3.63, 3.8) is 0 Å². The summed E-state index contributed by atoms with van der Waals surface area (Å²) in [6, 6.07) is 5.21. The van der Waals surface area contributed by atoms with Crippen LogP contribution in [0.2, 0.25) is 0 Å². The maximum Gasteiger partial charge on any atom is 0.248 e. The van der Waals surface area contributed by atoms with E-state index in [1.165, 1.54) is 11.6 Å². The third kappa shape index (κ3) is 5.39. The second-order valence-electron chi connectivity index (χ2n) is 5.52. The summed E-state index contributed by atoms with van der Waals surface area (Å²) in [5, 5.41) is 0. The zero-order valence-corrected chi connectivity index (χ0v) is 12.6. The Morgan fingerprint density at radius 2 is 1.75 bits per heavy atom. The van der Waals surface area contributed by atoms with Crippen molar-refractivity contribution < 1.29 is 4.79 Å². The van der Waals surface area contributed by atoms with Gasteiger partial charge in [-0.15, -0.1) is 0 Å². The van der Waals surface area contributed by atoms with E-state index in [4.69, 9.17) is 0 Å². The molecule has 0 amide bonds. The lowest BCUT2D eigenvalue weighted by molar-refractivity contribution is -0.114. The molecule has 3 heteroatoms. The molecule has 1 N–H and O–H groups in total. The second-order valence-corrected chi connectivity index (χ2v) is 5.52. The van der Waals surface area contributed by atoms with E-state index in [-0.39, 0.29) is 11.3 Å². The fourth-order valence-electron chi connectivity index (χ4n) is 1.80. The first kappa shape index (κ1) is 16.2. The highest BCUT2D eigenvalue weighted by Gasteiger charge is 2.08. The van der Waals surface area contributed by atoms with Crippen LogP contribution in [0.3, 0.4) is 0 Å². The van der Waals surface area contributed by atoms with Gasteiger partial charge in [0.05, 0.1) is 0 Å². The van der Waals surface area contributed by atoms with E-state index in [2.05, 4.69) is 18.8 Å². The third-order valence-corrected chi connectivity index (χ3v) is 3.13. The average Bonchev–Trinajstić information content (AvgIpc) is 2.39. The number of rotatable bonds is 2. The molecule has 2 rings (SSSR count).